The molecule has 2 aromatic carbocycles. The molecule has 3 aromatic rings. The van der Waals surface area contributed by atoms with Gasteiger partial charge in [0.15, 0.2) is 5.78 Å². The summed E-state index contributed by atoms with van der Waals surface area (Å²) in [6, 6.07) is 16.5. The predicted octanol–water partition coefficient (Wildman–Crippen LogP) is 5.58. The lowest BCUT2D eigenvalue weighted by Gasteiger charge is -2.35. The highest BCUT2D eigenvalue weighted by atomic mass is 79.9. The second-order valence-corrected chi connectivity index (χ2v) is 9.27. The number of anilines is 1. The Hall–Kier alpha value is -2.73. The van der Waals surface area contributed by atoms with Gasteiger partial charge in [0.1, 0.15) is 12.4 Å². The summed E-state index contributed by atoms with van der Waals surface area (Å²) in [6.45, 7) is 4.39. The van der Waals surface area contributed by atoms with Gasteiger partial charge in [-0.15, -0.1) is 0 Å². The number of nitrogens with one attached hydrogen (secondary N) is 1. The normalized spacial score (nSPS) is 20.7. The van der Waals surface area contributed by atoms with Crippen molar-refractivity contribution in [3.63, 3.8) is 0 Å². The molecule has 0 fully saturated rings. The van der Waals surface area contributed by atoms with E-state index < -0.39 is 0 Å². The van der Waals surface area contributed by atoms with Crippen LogP contribution in [0.1, 0.15) is 61.3 Å². The lowest BCUT2D eigenvalue weighted by atomic mass is 9.77. The van der Waals surface area contributed by atoms with Gasteiger partial charge in [0.2, 0.25) is 5.95 Å². The van der Waals surface area contributed by atoms with Gasteiger partial charge >= 0.3 is 0 Å². The molecule has 2 atom stereocenters. The molecule has 1 aliphatic carbocycles. The van der Waals surface area contributed by atoms with Crippen LogP contribution < -0.4 is 5.32 Å². The van der Waals surface area contributed by atoms with Crippen LogP contribution in [0.3, 0.4) is 0 Å². The number of hydrogen-bond donors (Lipinski definition) is 1. The molecule has 0 bridgehead atoms. The fourth-order valence-electron chi connectivity index (χ4n) is 4.53. The Bertz CT molecular complexity index is 1150. The zero-order chi connectivity index (χ0) is 20.8. The zero-order valence-corrected chi connectivity index (χ0v) is 18.6. The molecule has 5 rings (SSSR count). The highest BCUT2D eigenvalue weighted by Crippen LogP contribution is 2.44. The van der Waals surface area contributed by atoms with E-state index in [0.717, 1.165) is 27.7 Å². The van der Waals surface area contributed by atoms with Gasteiger partial charge in [0.25, 0.3) is 0 Å². The summed E-state index contributed by atoms with van der Waals surface area (Å²) >= 11 is 3.56. The van der Waals surface area contributed by atoms with Gasteiger partial charge in [-0.25, -0.2) is 4.68 Å². The number of Topliss-reactive ketones (excluding diaryl/α,β-unsaturated/α-hetero) is 1. The Balaban J connectivity index is 1.54. The third-order valence-corrected chi connectivity index (χ3v) is 6.59. The molecule has 152 valence electrons. The number of carbonyl (C=O) groups is 1. The highest BCUT2D eigenvalue weighted by molar-refractivity contribution is 9.10. The van der Waals surface area contributed by atoms with E-state index in [1.165, 1.54) is 11.1 Å². The van der Waals surface area contributed by atoms with Crippen molar-refractivity contribution < 1.29 is 4.79 Å². The Morgan fingerprint density at radius 1 is 1.10 bits per heavy atom. The van der Waals surface area contributed by atoms with Gasteiger partial charge in [-0.05, 0) is 47.1 Å². The van der Waals surface area contributed by atoms with E-state index in [-0.39, 0.29) is 17.7 Å². The third kappa shape index (κ3) is 3.29. The third-order valence-electron chi connectivity index (χ3n) is 6.10. The number of allylic oxidation sites excluding steroid dienone is 2. The van der Waals surface area contributed by atoms with Crippen molar-refractivity contribution in [2.75, 3.05) is 5.32 Å². The van der Waals surface area contributed by atoms with Crippen LogP contribution in [-0.4, -0.2) is 20.5 Å². The van der Waals surface area contributed by atoms with Crippen molar-refractivity contribution in [1.29, 1.82) is 0 Å². The fraction of sp³-hybridized carbons (Fsp3) is 0.292. The number of hydrogen-bond acceptors (Lipinski definition) is 4. The van der Waals surface area contributed by atoms with E-state index in [1.807, 2.05) is 22.9 Å². The maximum atomic E-state index is 13.4. The molecule has 2 heterocycles. The molecule has 5 nitrogen and oxygen atoms in total. The molecule has 30 heavy (non-hydrogen) atoms. The molecule has 0 spiro atoms. The van der Waals surface area contributed by atoms with E-state index in [2.05, 4.69) is 75.5 Å². The number of fused-ring (bicyclic) bond motifs is 1. The topological polar surface area (TPSA) is 59.8 Å². The summed E-state index contributed by atoms with van der Waals surface area (Å²) < 4.78 is 2.80. The largest absolute Gasteiger partial charge is 0.328 e. The smallest absolute Gasteiger partial charge is 0.226 e. The Morgan fingerprint density at radius 2 is 1.90 bits per heavy atom. The van der Waals surface area contributed by atoms with E-state index >= 15 is 0 Å². The fourth-order valence-corrected chi connectivity index (χ4v) is 4.94. The van der Waals surface area contributed by atoms with Crippen molar-refractivity contribution in [2.24, 2.45) is 0 Å². The van der Waals surface area contributed by atoms with Gasteiger partial charge in [-0.2, -0.15) is 10.1 Å². The Kier molecular flexibility index (Phi) is 4.82. The summed E-state index contributed by atoms with van der Waals surface area (Å²) in [7, 11) is 0. The molecule has 1 aromatic heterocycles. The van der Waals surface area contributed by atoms with Gasteiger partial charge in [-0.1, -0.05) is 66.2 Å². The first-order valence-corrected chi connectivity index (χ1v) is 11.1. The molecule has 6 heteroatoms. The monoisotopic (exact) mass is 462 g/mol. The van der Waals surface area contributed by atoms with Gasteiger partial charge < -0.3 is 5.32 Å². The number of halogens is 1. The summed E-state index contributed by atoms with van der Waals surface area (Å²) in [5.41, 5.74) is 5.33. The average molecular weight is 463 g/mol. The number of nitrogens with zero attached hydrogens (tertiary/aromatic N) is 3. The first-order chi connectivity index (χ1) is 14.5. The minimum Gasteiger partial charge on any atom is -0.328 e. The highest BCUT2D eigenvalue weighted by Gasteiger charge is 2.39. The van der Waals surface area contributed by atoms with Crippen LogP contribution in [0.2, 0.25) is 0 Å². The van der Waals surface area contributed by atoms with Crippen molar-refractivity contribution in [3.05, 3.63) is 87.3 Å². The van der Waals surface area contributed by atoms with Crippen molar-refractivity contribution in [1.82, 2.24) is 14.8 Å². The van der Waals surface area contributed by atoms with Gasteiger partial charge in [0.05, 0.1) is 0 Å². The van der Waals surface area contributed by atoms with Crippen molar-refractivity contribution >= 4 is 27.7 Å². The quantitative estimate of drug-likeness (QED) is 0.551. The standard InChI is InChI=1S/C24H23BrN4O/c1-14(2)15-6-8-16(9-7-15)18-11-20-22(21(30)12-18)23(17-4-3-5-19(25)10-17)29-24(28-20)26-13-27-29/h3-10,13-14,18,23H,11-12H2,1-2H3,(H,26,27,28). The minimum atomic E-state index is -0.256. The molecule has 0 radical (unpaired) electrons. The van der Waals surface area contributed by atoms with Crippen LogP contribution in [0.25, 0.3) is 0 Å². The zero-order valence-electron chi connectivity index (χ0n) is 17.0. The maximum absolute atomic E-state index is 13.4. The molecule has 1 aliphatic heterocycles. The number of aromatic nitrogens is 3. The lowest BCUT2D eigenvalue weighted by molar-refractivity contribution is -0.116. The molecule has 0 saturated carbocycles. The van der Waals surface area contributed by atoms with Crippen LogP contribution in [0, 0.1) is 0 Å². The molecule has 1 N–H and O–H groups in total. The lowest BCUT2D eigenvalue weighted by Crippen LogP contribution is -2.33. The Morgan fingerprint density at radius 3 is 2.63 bits per heavy atom. The van der Waals surface area contributed by atoms with E-state index in [1.54, 1.807) is 6.33 Å². The van der Waals surface area contributed by atoms with Crippen LogP contribution in [-0.2, 0) is 4.79 Å². The number of benzene rings is 2. The first-order valence-electron chi connectivity index (χ1n) is 10.3. The second-order valence-electron chi connectivity index (χ2n) is 8.35. The first kappa shape index (κ1) is 19.2. The van der Waals surface area contributed by atoms with E-state index in [0.29, 0.717) is 18.3 Å². The maximum Gasteiger partial charge on any atom is 0.226 e. The minimum absolute atomic E-state index is 0.169. The summed E-state index contributed by atoms with van der Waals surface area (Å²) in [6.07, 6.45) is 2.84. The summed E-state index contributed by atoms with van der Waals surface area (Å²) in [5.74, 6) is 1.52. The van der Waals surface area contributed by atoms with Crippen molar-refractivity contribution in [3.8, 4) is 0 Å². The molecule has 0 amide bonds. The SMILES string of the molecule is CC(C)c1ccc(C2CC(=O)C3=C(C2)Nc2ncnn2C3c2cccc(Br)c2)cc1. The predicted molar refractivity (Wildman–Crippen MR) is 120 cm³/mol. The van der Waals surface area contributed by atoms with E-state index in [4.69, 9.17) is 0 Å². The number of rotatable bonds is 3. The van der Waals surface area contributed by atoms with E-state index in [9.17, 15) is 4.79 Å². The molecule has 2 aliphatic rings. The Labute approximate surface area is 184 Å². The van der Waals surface area contributed by atoms with Crippen LogP contribution in [0.15, 0.2) is 70.6 Å². The summed E-state index contributed by atoms with van der Waals surface area (Å²) in [5, 5.41) is 7.80. The summed E-state index contributed by atoms with van der Waals surface area (Å²) in [4.78, 5) is 17.8. The van der Waals surface area contributed by atoms with Gasteiger partial charge in [0, 0.05) is 22.2 Å². The molecular formula is C24H23BrN4O. The van der Waals surface area contributed by atoms with Crippen molar-refractivity contribution in [2.45, 2.75) is 44.6 Å². The van der Waals surface area contributed by atoms with Crippen LogP contribution in [0.4, 0.5) is 5.95 Å². The van der Waals surface area contributed by atoms with Crippen LogP contribution in [0.5, 0.6) is 0 Å². The molecular weight excluding hydrogens is 440 g/mol. The van der Waals surface area contributed by atoms with Crippen LogP contribution >= 0.6 is 15.9 Å². The average Bonchev–Trinajstić information content (AvgIpc) is 3.20. The number of ketones is 1. The van der Waals surface area contributed by atoms with Gasteiger partial charge in [-0.3, -0.25) is 4.79 Å². The second kappa shape index (κ2) is 7.51. The number of carbonyl (C=O) groups excluding carboxylic acids is 1. The molecule has 0 saturated heterocycles. The molecule has 2 unspecified atom stereocenters.